The van der Waals surface area contributed by atoms with E-state index in [1.54, 1.807) is 7.11 Å². The number of amides is 1. The van der Waals surface area contributed by atoms with Gasteiger partial charge in [-0.3, -0.25) is 4.79 Å². The Morgan fingerprint density at radius 2 is 2.24 bits per heavy atom. The highest BCUT2D eigenvalue weighted by atomic mass is 16.5. The molecule has 25 heavy (non-hydrogen) atoms. The summed E-state index contributed by atoms with van der Waals surface area (Å²) in [5.74, 6) is 0.442. The summed E-state index contributed by atoms with van der Waals surface area (Å²) in [5, 5.41) is 1.01. The maximum absolute atomic E-state index is 13.2. The molecule has 134 valence electrons. The number of benzene rings is 1. The molecule has 2 saturated heterocycles. The van der Waals surface area contributed by atoms with E-state index >= 15 is 0 Å². The van der Waals surface area contributed by atoms with E-state index < -0.39 is 0 Å². The maximum Gasteiger partial charge on any atom is 0.289 e. The number of hydrogen-bond acceptors (Lipinski definition) is 4. The molecular formula is C20H25NO4. The average Bonchev–Trinajstić information content (AvgIpc) is 2.98. The van der Waals surface area contributed by atoms with Crippen LogP contribution < -0.4 is 0 Å². The van der Waals surface area contributed by atoms with Crippen LogP contribution in [0.25, 0.3) is 11.0 Å². The normalized spacial score (nSPS) is 26.6. The molecule has 2 aromatic rings. The summed E-state index contributed by atoms with van der Waals surface area (Å²) >= 11 is 0. The summed E-state index contributed by atoms with van der Waals surface area (Å²) < 4.78 is 17.4. The Morgan fingerprint density at radius 1 is 1.40 bits per heavy atom. The van der Waals surface area contributed by atoms with Crippen LogP contribution >= 0.6 is 0 Å². The fourth-order valence-corrected chi connectivity index (χ4v) is 4.48. The Balaban J connectivity index is 1.62. The van der Waals surface area contributed by atoms with Crippen molar-refractivity contribution < 1.29 is 18.7 Å². The first kappa shape index (κ1) is 16.6. The second kappa shape index (κ2) is 6.46. The fourth-order valence-electron chi connectivity index (χ4n) is 4.48. The van der Waals surface area contributed by atoms with Crippen LogP contribution in [0.5, 0.6) is 0 Å². The van der Waals surface area contributed by atoms with E-state index in [-0.39, 0.29) is 17.4 Å². The summed E-state index contributed by atoms with van der Waals surface area (Å²) in [7, 11) is 1.73. The molecule has 3 heterocycles. The number of aryl methyl sites for hydroxylation is 1. The first-order valence-electron chi connectivity index (χ1n) is 9.02. The third kappa shape index (κ3) is 2.75. The summed E-state index contributed by atoms with van der Waals surface area (Å²) in [6, 6.07) is 7.81. The largest absolute Gasteiger partial charge is 0.451 e. The van der Waals surface area contributed by atoms with E-state index in [1.807, 2.05) is 36.1 Å². The molecule has 0 radical (unpaired) electrons. The van der Waals surface area contributed by atoms with E-state index in [1.165, 1.54) is 0 Å². The second-order valence-corrected chi connectivity index (χ2v) is 7.33. The molecule has 2 aliphatic rings. The van der Waals surface area contributed by atoms with E-state index in [4.69, 9.17) is 13.9 Å². The lowest BCUT2D eigenvalue weighted by molar-refractivity contribution is -0.142. The number of likely N-dealkylation sites (tertiary alicyclic amines) is 1. The monoisotopic (exact) mass is 343 g/mol. The Labute approximate surface area is 147 Å². The van der Waals surface area contributed by atoms with Gasteiger partial charge in [0.2, 0.25) is 0 Å². The zero-order valence-corrected chi connectivity index (χ0v) is 14.9. The quantitative estimate of drug-likeness (QED) is 0.857. The molecule has 0 spiro atoms. The van der Waals surface area contributed by atoms with Crippen LogP contribution in [0.1, 0.15) is 35.4 Å². The number of furan rings is 1. The van der Waals surface area contributed by atoms with Crippen molar-refractivity contribution in [3.8, 4) is 0 Å². The average molecular weight is 343 g/mol. The van der Waals surface area contributed by atoms with E-state index in [2.05, 4.69) is 0 Å². The lowest BCUT2D eigenvalue weighted by atomic mass is 9.73. The molecule has 2 atom stereocenters. The van der Waals surface area contributed by atoms with Gasteiger partial charge >= 0.3 is 0 Å². The van der Waals surface area contributed by atoms with Crippen molar-refractivity contribution in [1.29, 1.82) is 0 Å². The predicted octanol–water partition coefficient (Wildman–Crippen LogP) is 3.40. The summed E-state index contributed by atoms with van der Waals surface area (Å²) in [5.41, 5.74) is 1.59. The minimum atomic E-state index is -0.0964. The predicted molar refractivity (Wildman–Crippen MR) is 94.8 cm³/mol. The van der Waals surface area contributed by atoms with Gasteiger partial charge in [-0.25, -0.2) is 0 Å². The lowest BCUT2D eigenvalue weighted by Crippen LogP contribution is -2.58. The van der Waals surface area contributed by atoms with Gasteiger partial charge in [0.15, 0.2) is 5.76 Å². The van der Waals surface area contributed by atoms with Crippen LogP contribution in [0, 0.1) is 12.3 Å². The molecule has 0 bridgehead atoms. The van der Waals surface area contributed by atoms with Gasteiger partial charge in [-0.2, -0.15) is 0 Å². The van der Waals surface area contributed by atoms with Crippen molar-refractivity contribution in [2.24, 2.45) is 5.41 Å². The zero-order valence-electron chi connectivity index (χ0n) is 14.9. The van der Waals surface area contributed by atoms with E-state index in [0.717, 1.165) is 42.4 Å². The molecule has 1 aromatic heterocycles. The Morgan fingerprint density at radius 3 is 3.04 bits per heavy atom. The van der Waals surface area contributed by atoms with E-state index in [0.29, 0.717) is 25.5 Å². The van der Waals surface area contributed by atoms with Crippen LogP contribution in [0.4, 0.5) is 0 Å². The third-order valence-electron chi connectivity index (χ3n) is 5.74. The van der Waals surface area contributed by atoms with Crippen LogP contribution in [0.2, 0.25) is 0 Å². The van der Waals surface area contributed by atoms with Crippen LogP contribution in [-0.4, -0.2) is 50.3 Å². The number of piperidine rings is 1. The Kier molecular flexibility index (Phi) is 4.29. The summed E-state index contributed by atoms with van der Waals surface area (Å²) in [6.07, 6.45) is 3.09. The number of ether oxygens (including phenoxy) is 2. The van der Waals surface area contributed by atoms with Crippen molar-refractivity contribution in [3.63, 3.8) is 0 Å². The van der Waals surface area contributed by atoms with Crippen molar-refractivity contribution >= 4 is 16.9 Å². The number of fused-ring (bicyclic) bond motifs is 2. The van der Waals surface area contributed by atoms with Crippen LogP contribution in [0.15, 0.2) is 28.7 Å². The van der Waals surface area contributed by atoms with Crippen LogP contribution in [-0.2, 0) is 9.47 Å². The van der Waals surface area contributed by atoms with Crippen molar-refractivity contribution in [2.75, 3.05) is 33.4 Å². The van der Waals surface area contributed by atoms with Gasteiger partial charge < -0.3 is 18.8 Å². The molecule has 0 saturated carbocycles. The Hall–Kier alpha value is -1.85. The fraction of sp³-hybridized carbons (Fsp3) is 0.550. The molecule has 2 fully saturated rings. The van der Waals surface area contributed by atoms with Crippen LogP contribution in [0.3, 0.4) is 0 Å². The molecule has 1 amide bonds. The Bertz CT molecular complexity index is 779. The number of carbonyl (C=O) groups is 1. The number of nitrogens with zero attached hydrogens (tertiary/aromatic N) is 1. The van der Waals surface area contributed by atoms with Gasteiger partial charge in [0, 0.05) is 43.2 Å². The molecule has 2 aliphatic heterocycles. The maximum atomic E-state index is 13.2. The number of hydrogen-bond donors (Lipinski definition) is 0. The highest BCUT2D eigenvalue weighted by molar-refractivity contribution is 5.99. The summed E-state index contributed by atoms with van der Waals surface area (Å²) in [6.45, 7) is 4.76. The first-order valence-corrected chi connectivity index (χ1v) is 9.02. The zero-order chi connectivity index (χ0) is 17.4. The van der Waals surface area contributed by atoms with E-state index in [9.17, 15) is 4.79 Å². The SMILES string of the molecule is COC[C@@]12CCCO[C@@H]1CCN(C(=O)c1oc3ccccc3c1C)C2. The van der Waals surface area contributed by atoms with Gasteiger partial charge in [0.05, 0.1) is 12.7 Å². The molecule has 0 unspecified atom stereocenters. The lowest BCUT2D eigenvalue weighted by Gasteiger charge is -2.50. The number of para-hydroxylation sites is 1. The molecule has 0 N–H and O–H groups in total. The molecule has 5 heteroatoms. The molecule has 1 aromatic carbocycles. The number of carbonyl (C=O) groups excluding carboxylic acids is 1. The van der Waals surface area contributed by atoms with Crippen molar-refractivity contribution in [3.05, 3.63) is 35.6 Å². The molecule has 4 rings (SSSR count). The van der Waals surface area contributed by atoms with Gasteiger partial charge in [-0.1, -0.05) is 18.2 Å². The minimum absolute atomic E-state index is 0.0202. The van der Waals surface area contributed by atoms with Crippen molar-refractivity contribution in [1.82, 2.24) is 4.90 Å². The topological polar surface area (TPSA) is 51.9 Å². The highest BCUT2D eigenvalue weighted by Gasteiger charge is 2.47. The minimum Gasteiger partial charge on any atom is -0.451 e. The number of rotatable bonds is 3. The molecule has 5 nitrogen and oxygen atoms in total. The first-order chi connectivity index (χ1) is 12.1. The molecule has 0 aliphatic carbocycles. The smallest absolute Gasteiger partial charge is 0.289 e. The highest BCUT2D eigenvalue weighted by Crippen LogP contribution is 2.41. The van der Waals surface area contributed by atoms with Gasteiger partial charge in [0.1, 0.15) is 5.58 Å². The molecular weight excluding hydrogens is 318 g/mol. The van der Waals surface area contributed by atoms with Gasteiger partial charge in [-0.05, 0) is 32.3 Å². The van der Waals surface area contributed by atoms with Crippen molar-refractivity contribution in [2.45, 2.75) is 32.3 Å². The van der Waals surface area contributed by atoms with Gasteiger partial charge in [0.25, 0.3) is 5.91 Å². The standard InChI is InChI=1S/C20H25NO4/c1-14-15-6-3-4-7-16(15)25-18(14)19(22)21-10-8-17-20(12-21,13-23-2)9-5-11-24-17/h3-4,6-7,17H,5,8-13H2,1-2H3/t17-,20+/m1/s1. The summed E-state index contributed by atoms with van der Waals surface area (Å²) in [4.78, 5) is 15.1. The number of methoxy groups -OCH3 is 1. The third-order valence-corrected chi connectivity index (χ3v) is 5.74. The van der Waals surface area contributed by atoms with Gasteiger partial charge in [-0.15, -0.1) is 0 Å². The second-order valence-electron chi connectivity index (χ2n) is 7.33.